The lowest BCUT2D eigenvalue weighted by Gasteiger charge is -2.34. The molecule has 0 fully saturated rings. The number of rotatable bonds is 2. The summed E-state index contributed by atoms with van der Waals surface area (Å²) in [5.41, 5.74) is 1.57. The molecule has 0 saturated heterocycles. The van der Waals surface area contributed by atoms with E-state index in [1.165, 1.54) is 0 Å². The number of anilines is 1. The molecule has 1 atom stereocenters. The van der Waals surface area contributed by atoms with E-state index in [1.54, 1.807) is 0 Å². The first-order valence-electron chi connectivity index (χ1n) is 6.35. The molecule has 0 spiro atoms. The van der Waals surface area contributed by atoms with E-state index in [2.05, 4.69) is 34.3 Å². The van der Waals surface area contributed by atoms with Crippen molar-refractivity contribution in [2.45, 2.75) is 19.6 Å². The molecule has 96 valence electrons. The fraction of sp³-hybridized carbons (Fsp3) is 0.188. The van der Waals surface area contributed by atoms with Gasteiger partial charge in [-0.2, -0.15) is 0 Å². The number of nitrogens with zero attached hydrogens (tertiary/aromatic N) is 2. The zero-order chi connectivity index (χ0) is 13.3. The van der Waals surface area contributed by atoms with Crippen LogP contribution in [0.2, 0.25) is 0 Å². The van der Waals surface area contributed by atoms with Gasteiger partial charge >= 0.3 is 0 Å². The highest BCUT2D eigenvalue weighted by molar-refractivity contribution is 5.98. The highest BCUT2D eigenvalue weighted by atomic mass is 16.7. The Balaban J connectivity index is 2.08. The van der Waals surface area contributed by atoms with Crippen molar-refractivity contribution in [3.05, 3.63) is 66.2 Å². The maximum Gasteiger partial charge on any atom is 0.238 e. The molecular weight excluding hydrogens is 236 g/mol. The van der Waals surface area contributed by atoms with Crippen LogP contribution >= 0.6 is 0 Å². The molecule has 1 heterocycles. The third kappa shape index (κ3) is 1.87. The van der Waals surface area contributed by atoms with E-state index in [9.17, 15) is 0 Å². The predicted octanol–water partition coefficient (Wildman–Crippen LogP) is 3.73. The minimum Gasteiger partial charge on any atom is -0.360 e. The SMILES string of the molecule is CC1=NOC(C)(c2ccccc2)N1c1ccccc1. The fourth-order valence-electron chi connectivity index (χ4n) is 2.48. The lowest BCUT2D eigenvalue weighted by molar-refractivity contribution is -0.00577. The van der Waals surface area contributed by atoms with Crippen molar-refractivity contribution >= 4 is 11.5 Å². The van der Waals surface area contributed by atoms with Gasteiger partial charge in [-0.25, -0.2) is 0 Å². The zero-order valence-corrected chi connectivity index (χ0v) is 11.1. The molecule has 1 aliphatic rings. The molecule has 3 rings (SSSR count). The number of hydrogen-bond acceptors (Lipinski definition) is 3. The molecule has 3 nitrogen and oxygen atoms in total. The van der Waals surface area contributed by atoms with Gasteiger partial charge in [-0.3, -0.25) is 4.90 Å². The van der Waals surface area contributed by atoms with E-state index in [0.717, 1.165) is 17.1 Å². The monoisotopic (exact) mass is 252 g/mol. The summed E-state index contributed by atoms with van der Waals surface area (Å²) >= 11 is 0. The molecule has 2 aromatic rings. The zero-order valence-electron chi connectivity index (χ0n) is 11.1. The summed E-state index contributed by atoms with van der Waals surface area (Å²) in [6.45, 7) is 4.00. The van der Waals surface area contributed by atoms with E-state index < -0.39 is 5.72 Å². The summed E-state index contributed by atoms with van der Waals surface area (Å²) in [5.74, 6) is 0.859. The van der Waals surface area contributed by atoms with Gasteiger partial charge in [-0.05, 0) is 19.1 Å². The summed E-state index contributed by atoms with van der Waals surface area (Å²) in [6, 6.07) is 20.3. The van der Waals surface area contributed by atoms with Crippen LogP contribution in [0, 0.1) is 0 Å². The van der Waals surface area contributed by atoms with E-state index >= 15 is 0 Å². The predicted molar refractivity (Wildman–Crippen MR) is 76.9 cm³/mol. The third-order valence-corrected chi connectivity index (χ3v) is 3.43. The van der Waals surface area contributed by atoms with E-state index in [0.29, 0.717) is 0 Å². The number of amidine groups is 1. The Labute approximate surface area is 113 Å². The molecule has 0 saturated carbocycles. The highest BCUT2D eigenvalue weighted by Crippen LogP contribution is 2.38. The van der Waals surface area contributed by atoms with Crippen LogP contribution < -0.4 is 4.90 Å². The molecule has 1 unspecified atom stereocenters. The van der Waals surface area contributed by atoms with Crippen molar-refractivity contribution in [2.75, 3.05) is 4.90 Å². The van der Waals surface area contributed by atoms with Gasteiger partial charge in [0.2, 0.25) is 5.72 Å². The Bertz CT molecular complexity index is 595. The van der Waals surface area contributed by atoms with Crippen LogP contribution in [0.5, 0.6) is 0 Å². The molecule has 0 aromatic heterocycles. The maximum absolute atomic E-state index is 5.72. The number of benzene rings is 2. The molecular formula is C16H16N2O. The second-order valence-electron chi connectivity index (χ2n) is 4.75. The van der Waals surface area contributed by atoms with Crippen molar-refractivity contribution in [2.24, 2.45) is 5.16 Å². The summed E-state index contributed by atoms with van der Waals surface area (Å²) in [6.07, 6.45) is 0. The second kappa shape index (κ2) is 4.43. The molecule has 0 aliphatic carbocycles. The van der Waals surface area contributed by atoms with Gasteiger partial charge in [0.15, 0.2) is 0 Å². The third-order valence-electron chi connectivity index (χ3n) is 3.43. The van der Waals surface area contributed by atoms with Gasteiger partial charge in [0.1, 0.15) is 5.84 Å². The van der Waals surface area contributed by atoms with Crippen LogP contribution in [0.25, 0.3) is 0 Å². The van der Waals surface area contributed by atoms with Crippen LogP contribution in [-0.4, -0.2) is 5.84 Å². The average molecular weight is 252 g/mol. The largest absolute Gasteiger partial charge is 0.360 e. The molecule has 19 heavy (non-hydrogen) atoms. The molecule has 0 amide bonds. The first-order valence-corrected chi connectivity index (χ1v) is 6.35. The van der Waals surface area contributed by atoms with E-state index in [1.807, 2.05) is 50.2 Å². The Morgan fingerprint density at radius 3 is 2.16 bits per heavy atom. The lowest BCUT2D eigenvalue weighted by Crippen LogP contribution is -2.43. The fourth-order valence-corrected chi connectivity index (χ4v) is 2.48. The molecule has 0 bridgehead atoms. The summed E-state index contributed by atoms with van der Waals surface area (Å²) < 4.78 is 0. The first-order chi connectivity index (χ1) is 9.22. The van der Waals surface area contributed by atoms with Crippen molar-refractivity contribution < 1.29 is 4.84 Å². The van der Waals surface area contributed by atoms with Gasteiger partial charge < -0.3 is 4.84 Å². The van der Waals surface area contributed by atoms with Crippen molar-refractivity contribution in [1.82, 2.24) is 0 Å². The Morgan fingerprint density at radius 1 is 0.947 bits per heavy atom. The van der Waals surface area contributed by atoms with Crippen molar-refractivity contribution in [3.63, 3.8) is 0 Å². The van der Waals surface area contributed by atoms with Crippen LogP contribution in [0.3, 0.4) is 0 Å². The molecule has 3 heteroatoms. The summed E-state index contributed by atoms with van der Waals surface area (Å²) in [5, 5.41) is 4.17. The number of hydrogen-bond donors (Lipinski definition) is 0. The summed E-state index contributed by atoms with van der Waals surface area (Å²) in [7, 11) is 0. The normalized spacial score (nSPS) is 22.0. The number of para-hydroxylation sites is 1. The molecule has 0 N–H and O–H groups in total. The summed E-state index contributed by atoms with van der Waals surface area (Å²) in [4.78, 5) is 7.83. The van der Waals surface area contributed by atoms with Crippen LogP contribution in [0.1, 0.15) is 19.4 Å². The van der Waals surface area contributed by atoms with E-state index in [4.69, 9.17) is 4.84 Å². The van der Waals surface area contributed by atoms with Crippen molar-refractivity contribution in [3.8, 4) is 0 Å². The minimum atomic E-state index is -0.591. The molecule has 2 aromatic carbocycles. The Kier molecular flexibility index (Phi) is 2.75. The smallest absolute Gasteiger partial charge is 0.238 e. The first kappa shape index (κ1) is 11.8. The minimum absolute atomic E-state index is 0.591. The number of oxime groups is 1. The standard InChI is InChI=1S/C16H16N2O/c1-13-17-19-16(2,14-9-5-3-6-10-14)18(13)15-11-7-4-8-12-15/h3-12H,1-2H3. The highest BCUT2D eigenvalue weighted by Gasteiger charge is 2.42. The molecule has 0 radical (unpaired) electrons. The Morgan fingerprint density at radius 2 is 1.53 bits per heavy atom. The van der Waals surface area contributed by atoms with Gasteiger partial charge in [-0.1, -0.05) is 53.7 Å². The lowest BCUT2D eigenvalue weighted by atomic mass is 10.0. The van der Waals surface area contributed by atoms with Gasteiger partial charge in [0, 0.05) is 18.2 Å². The van der Waals surface area contributed by atoms with Crippen LogP contribution in [-0.2, 0) is 10.6 Å². The second-order valence-corrected chi connectivity index (χ2v) is 4.75. The molecule has 1 aliphatic heterocycles. The van der Waals surface area contributed by atoms with Crippen LogP contribution in [0.4, 0.5) is 5.69 Å². The van der Waals surface area contributed by atoms with Gasteiger partial charge in [-0.15, -0.1) is 0 Å². The quantitative estimate of drug-likeness (QED) is 0.813. The van der Waals surface area contributed by atoms with E-state index in [-0.39, 0.29) is 0 Å². The van der Waals surface area contributed by atoms with Gasteiger partial charge in [0.25, 0.3) is 0 Å². The van der Waals surface area contributed by atoms with Gasteiger partial charge in [0.05, 0.1) is 0 Å². The van der Waals surface area contributed by atoms with Crippen molar-refractivity contribution in [1.29, 1.82) is 0 Å². The van der Waals surface area contributed by atoms with Crippen LogP contribution in [0.15, 0.2) is 65.8 Å². The average Bonchev–Trinajstić information content (AvgIpc) is 2.78. The maximum atomic E-state index is 5.72. The topological polar surface area (TPSA) is 24.8 Å². The Hall–Kier alpha value is -2.29.